The van der Waals surface area contributed by atoms with Gasteiger partial charge in [0.05, 0.1) is 6.61 Å². The molecule has 4 nitrogen and oxygen atoms in total. The summed E-state index contributed by atoms with van der Waals surface area (Å²) in [7, 11) is 0. The largest absolute Gasteiger partial charge is 0.395 e. The summed E-state index contributed by atoms with van der Waals surface area (Å²) in [6, 6.07) is 0.126. The second-order valence-corrected chi connectivity index (χ2v) is 5.09. The van der Waals surface area contributed by atoms with Gasteiger partial charge in [-0.05, 0) is 19.1 Å². The SMILES string of the molecule is CSC(CO)C(C)NC(N)=NCC(C)C. The van der Waals surface area contributed by atoms with Crippen LogP contribution in [0.2, 0.25) is 0 Å². The highest BCUT2D eigenvalue weighted by atomic mass is 32.2. The van der Waals surface area contributed by atoms with Crippen molar-refractivity contribution in [1.29, 1.82) is 0 Å². The Hall–Kier alpha value is -0.420. The van der Waals surface area contributed by atoms with E-state index in [1.165, 1.54) is 0 Å². The molecule has 0 aromatic rings. The molecule has 0 fully saturated rings. The Balaban J connectivity index is 4.04. The van der Waals surface area contributed by atoms with E-state index in [0.29, 0.717) is 11.9 Å². The van der Waals surface area contributed by atoms with Crippen LogP contribution in [0, 0.1) is 5.92 Å². The van der Waals surface area contributed by atoms with Crippen molar-refractivity contribution in [3.8, 4) is 0 Å². The number of nitrogens with zero attached hydrogens (tertiary/aromatic N) is 1. The maximum Gasteiger partial charge on any atom is 0.188 e. The summed E-state index contributed by atoms with van der Waals surface area (Å²) in [5.41, 5.74) is 5.72. The molecule has 2 unspecified atom stereocenters. The lowest BCUT2D eigenvalue weighted by Gasteiger charge is -2.21. The number of aliphatic hydroxyl groups is 1. The number of thioether (sulfide) groups is 1. The Morgan fingerprint density at radius 1 is 1.47 bits per heavy atom. The second-order valence-electron chi connectivity index (χ2n) is 4.01. The summed E-state index contributed by atoms with van der Waals surface area (Å²) in [6.45, 7) is 7.06. The first-order valence-corrected chi connectivity index (χ1v) is 6.50. The predicted octanol–water partition coefficient (Wildman–Crippen LogP) is 0.659. The molecule has 0 aliphatic rings. The number of guanidine groups is 1. The normalized spacial score (nSPS) is 16.5. The molecule has 0 heterocycles. The minimum absolute atomic E-state index is 0.126. The van der Waals surface area contributed by atoms with Gasteiger partial charge < -0.3 is 16.2 Å². The lowest BCUT2D eigenvalue weighted by atomic mass is 10.2. The average molecular weight is 233 g/mol. The molecular formula is C10H23N3OS. The zero-order valence-electron chi connectivity index (χ0n) is 10.0. The van der Waals surface area contributed by atoms with Crippen molar-refractivity contribution in [2.24, 2.45) is 16.6 Å². The van der Waals surface area contributed by atoms with Crippen molar-refractivity contribution in [3.05, 3.63) is 0 Å². The molecule has 0 saturated carbocycles. The van der Waals surface area contributed by atoms with Crippen LogP contribution in [0.25, 0.3) is 0 Å². The van der Waals surface area contributed by atoms with Gasteiger partial charge in [0.25, 0.3) is 0 Å². The average Bonchev–Trinajstić information content (AvgIpc) is 2.16. The van der Waals surface area contributed by atoms with Gasteiger partial charge >= 0.3 is 0 Å². The lowest BCUT2D eigenvalue weighted by Crippen LogP contribution is -2.45. The van der Waals surface area contributed by atoms with E-state index < -0.39 is 0 Å². The fourth-order valence-electron chi connectivity index (χ4n) is 1.09. The number of hydrogen-bond acceptors (Lipinski definition) is 3. The summed E-state index contributed by atoms with van der Waals surface area (Å²) in [4.78, 5) is 4.21. The van der Waals surface area contributed by atoms with Gasteiger partial charge in [-0.25, -0.2) is 0 Å². The fourth-order valence-corrected chi connectivity index (χ4v) is 1.71. The zero-order chi connectivity index (χ0) is 11.8. The predicted molar refractivity (Wildman–Crippen MR) is 68.3 cm³/mol. The van der Waals surface area contributed by atoms with Crippen molar-refractivity contribution >= 4 is 17.7 Å². The number of nitrogens with two attached hydrogens (primary N) is 1. The van der Waals surface area contributed by atoms with Crippen LogP contribution in [0.1, 0.15) is 20.8 Å². The molecule has 0 radical (unpaired) electrons. The first-order valence-electron chi connectivity index (χ1n) is 5.21. The van der Waals surface area contributed by atoms with Gasteiger partial charge in [0, 0.05) is 17.8 Å². The van der Waals surface area contributed by atoms with Crippen LogP contribution in [-0.4, -0.2) is 41.8 Å². The molecule has 15 heavy (non-hydrogen) atoms. The first-order chi connectivity index (χ1) is 7.01. The van der Waals surface area contributed by atoms with Crippen molar-refractivity contribution < 1.29 is 5.11 Å². The van der Waals surface area contributed by atoms with Gasteiger partial charge in [-0.2, -0.15) is 11.8 Å². The summed E-state index contributed by atoms with van der Waals surface area (Å²) in [6.07, 6.45) is 1.97. The molecule has 0 aliphatic carbocycles. The first kappa shape index (κ1) is 14.6. The van der Waals surface area contributed by atoms with Crippen LogP contribution in [0.4, 0.5) is 0 Å². The van der Waals surface area contributed by atoms with E-state index in [9.17, 15) is 0 Å². The Bertz CT molecular complexity index is 193. The zero-order valence-corrected chi connectivity index (χ0v) is 10.8. The molecule has 0 amide bonds. The maximum atomic E-state index is 9.09. The number of hydrogen-bond donors (Lipinski definition) is 3. The highest BCUT2D eigenvalue weighted by Crippen LogP contribution is 2.09. The van der Waals surface area contributed by atoms with Crippen molar-refractivity contribution in [1.82, 2.24) is 5.32 Å². The van der Waals surface area contributed by atoms with E-state index in [1.54, 1.807) is 11.8 Å². The van der Waals surface area contributed by atoms with Gasteiger partial charge in [0.2, 0.25) is 0 Å². The van der Waals surface area contributed by atoms with Crippen molar-refractivity contribution in [2.45, 2.75) is 32.1 Å². The van der Waals surface area contributed by atoms with Crippen LogP contribution < -0.4 is 11.1 Å². The van der Waals surface area contributed by atoms with E-state index in [0.717, 1.165) is 6.54 Å². The summed E-state index contributed by atoms with van der Waals surface area (Å²) < 4.78 is 0. The summed E-state index contributed by atoms with van der Waals surface area (Å²) in [5, 5.41) is 12.3. The van der Waals surface area contributed by atoms with E-state index in [4.69, 9.17) is 10.8 Å². The minimum Gasteiger partial charge on any atom is -0.395 e. The molecule has 0 saturated heterocycles. The van der Waals surface area contributed by atoms with Gasteiger partial charge in [0.1, 0.15) is 0 Å². The van der Waals surface area contributed by atoms with E-state index in [-0.39, 0.29) is 17.9 Å². The summed E-state index contributed by atoms with van der Waals surface area (Å²) in [5.74, 6) is 0.971. The van der Waals surface area contributed by atoms with Crippen LogP contribution in [0.5, 0.6) is 0 Å². The molecule has 0 aromatic heterocycles. The number of rotatable bonds is 6. The van der Waals surface area contributed by atoms with Crippen LogP contribution in [0.3, 0.4) is 0 Å². The Morgan fingerprint density at radius 3 is 2.47 bits per heavy atom. The fraction of sp³-hybridized carbons (Fsp3) is 0.900. The monoisotopic (exact) mass is 233 g/mol. The van der Waals surface area contributed by atoms with E-state index in [2.05, 4.69) is 24.2 Å². The molecule has 0 aliphatic heterocycles. The molecule has 0 aromatic carbocycles. The molecule has 0 spiro atoms. The molecule has 2 atom stereocenters. The van der Waals surface area contributed by atoms with Crippen molar-refractivity contribution in [2.75, 3.05) is 19.4 Å². The molecule has 0 bridgehead atoms. The van der Waals surface area contributed by atoms with Crippen LogP contribution in [0.15, 0.2) is 4.99 Å². The highest BCUT2D eigenvalue weighted by Gasteiger charge is 2.15. The second kappa shape index (κ2) is 7.82. The van der Waals surface area contributed by atoms with E-state index in [1.807, 2.05) is 13.2 Å². The Kier molecular flexibility index (Phi) is 7.60. The number of nitrogens with one attached hydrogen (secondary N) is 1. The third-order valence-corrected chi connectivity index (χ3v) is 3.21. The molecule has 4 N–H and O–H groups in total. The molecule has 5 heteroatoms. The number of aliphatic hydroxyl groups excluding tert-OH is 1. The number of aliphatic imine (C=N–C) groups is 1. The maximum absolute atomic E-state index is 9.09. The van der Waals surface area contributed by atoms with Crippen LogP contribution in [-0.2, 0) is 0 Å². The van der Waals surface area contributed by atoms with E-state index >= 15 is 0 Å². The lowest BCUT2D eigenvalue weighted by molar-refractivity contribution is 0.281. The van der Waals surface area contributed by atoms with Gasteiger partial charge in [0.15, 0.2) is 5.96 Å². The third-order valence-electron chi connectivity index (χ3n) is 2.04. The topological polar surface area (TPSA) is 70.6 Å². The van der Waals surface area contributed by atoms with Crippen LogP contribution >= 0.6 is 11.8 Å². The standard InChI is InChI=1S/C10H23N3OS/c1-7(2)5-12-10(11)13-8(3)9(6-14)15-4/h7-9,14H,5-6H2,1-4H3,(H3,11,12,13). The molecule has 90 valence electrons. The van der Waals surface area contributed by atoms with Gasteiger partial charge in [-0.1, -0.05) is 13.8 Å². The van der Waals surface area contributed by atoms with Gasteiger partial charge in [-0.15, -0.1) is 0 Å². The van der Waals surface area contributed by atoms with Gasteiger partial charge in [-0.3, -0.25) is 4.99 Å². The Labute approximate surface area is 96.7 Å². The highest BCUT2D eigenvalue weighted by molar-refractivity contribution is 7.99. The molecule has 0 rings (SSSR count). The molecular weight excluding hydrogens is 210 g/mol. The summed E-state index contributed by atoms with van der Waals surface area (Å²) >= 11 is 1.62. The Morgan fingerprint density at radius 2 is 2.07 bits per heavy atom. The quantitative estimate of drug-likeness (QED) is 0.465. The third kappa shape index (κ3) is 6.62. The minimum atomic E-state index is 0.126. The smallest absolute Gasteiger partial charge is 0.188 e. The van der Waals surface area contributed by atoms with Crippen molar-refractivity contribution in [3.63, 3.8) is 0 Å².